The average molecular weight is 445 g/mol. The van der Waals surface area contributed by atoms with Gasteiger partial charge in [0.25, 0.3) is 0 Å². The van der Waals surface area contributed by atoms with E-state index in [0.29, 0.717) is 22.9 Å². The van der Waals surface area contributed by atoms with Crippen molar-refractivity contribution in [3.63, 3.8) is 0 Å². The van der Waals surface area contributed by atoms with Crippen LogP contribution in [0.3, 0.4) is 0 Å². The fourth-order valence-corrected chi connectivity index (χ4v) is 3.69. The summed E-state index contributed by atoms with van der Waals surface area (Å²) in [6.07, 6.45) is 1.51. The summed E-state index contributed by atoms with van der Waals surface area (Å²) >= 11 is 0. The lowest BCUT2D eigenvalue weighted by atomic mass is 10.1. The van der Waals surface area contributed by atoms with Crippen molar-refractivity contribution in [1.29, 1.82) is 5.26 Å². The van der Waals surface area contributed by atoms with Crippen molar-refractivity contribution in [2.45, 2.75) is 13.0 Å². The molecule has 4 rings (SSSR count). The number of aromatic nitrogens is 1. The highest BCUT2D eigenvalue weighted by Gasteiger charge is 2.26. The van der Waals surface area contributed by atoms with Crippen molar-refractivity contribution >= 4 is 17.4 Å². The topological polar surface area (TPSA) is 81.5 Å². The van der Waals surface area contributed by atoms with Gasteiger partial charge in [0.2, 0.25) is 5.91 Å². The fourth-order valence-electron chi connectivity index (χ4n) is 3.69. The number of pyridine rings is 1. The second-order valence-electron chi connectivity index (χ2n) is 7.79. The maximum absolute atomic E-state index is 13.0. The van der Waals surface area contributed by atoms with Crippen molar-refractivity contribution in [1.82, 2.24) is 9.88 Å². The molecule has 1 atom stereocenters. The van der Waals surface area contributed by atoms with Gasteiger partial charge in [0.1, 0.15) is 23.1 Å². The molecule has 0 aliphatic carbocycles. The van der Waals surface area contributed by atoms with Crippen LogP contribution in [0.25, 0.3) is 0 Å². The number of rotatable bonds is 6. The minimum absolute atomic E-state index is 0.130. The normalized spacial score (nSPS) is 14.9. The van der Waals surface area contributed by atoms with Gasteiger partial charge in [-0.2, -0.15) is 5.26 Å². The van der Waals surface area contributed by atoms with Crippen molar-refractivity contribution in [2.24, 2.45) is 0 Å². The van der Waals surface area contributed by atoms with E-state index in [1.807, 2.05) is 25.1 Å². The number of anilines is 2. The first-order valence-corrected chi connectivity index (χ1v) is 10.7. The molecule has 33 heavy (non-hydrogen) atoms. The molecular formula is C25H24FN5O2. The maximum Gasteiger partial charge on any atom is 0.242 e. The van der Waals surface area contributed by atoms with Crippen LogP contribution in [0, 0.1) is 17.1 Å². The van der Waals surface area contributed by atoms with Gasteiger partial charge in [-0.1, -0.05) is 6.07 Å². The van der Waals surface area contributed by atoms with Crippen molar-refractivity contribution in [3.05, 3.63) is 78.2 Å². The molecule has 0 saturated carbocycles. The van der Waals surface area contributed by atoms with Crippen molar-refractivity contribution in [2.75, 3.05) is 36.4 Å². The zero-order chi connectivity index (χ0) is 23.2. The molecule has 3 aromatic rings. The molecule has 1 N–H and O–H groups in total. The third-order valence-corrected chi connectivity index (χ3v) is 5.62. The molecule has 0 radical (unpaired) electrons. The molecule has 2 heterocycles. The molecule has 0 spiro atoms. The van der Waals surface area contributed by atoms with Gasteiger partial charge in [0.15, 0.2) is 0 Å². The minimum atomic E-state index is -0.331. The average Bonchev–Trinajstić information content (AvgIpc) is 2.86. The van der Waals surface area contributed by atoms with Gasteiger partial charge in [0.05, 0.1) is 23.9 Å². The summed E-state index contributed by atoms with van der Waals surface area (Å²) in [4.78, 5) is 21.3. The van der Waals surface area contributed by atoms with Crippen LogP contribution in [0.5, 0.6) is 11.5 Å². The Bertz CT molecular complexity index is 1140. The van der Waals surface area contributed by atoms with E-state index in [1.165, 1.54) is 30.5 Å². The van der Waals surface area contributed by atoms with Crippen molar-refractivity contribution in [3.8, 4) is 17.6 Å². The third-order valence-electron chi connectivity index (χ3n) is 5.62. The number of nitrogens with one attached hydrogen (secondary N) is 1. The Morgan fingerprint density at radius 1 is 1.09 bits per heavy atom. The number of hydrogen-bond donors (Lipinski definition) is 1. The molecule has 1 unspecified atom stereocenters. The van der Waals surface area contributed by atoms with E-state index in [1.54, 1.807) is 18.2 Å². The largest absolute Gasteiger partial charge is 0.456 e. The predicted molar refractivity (Wildman–Crippen MR) is 124 cm³/mol. The molecular weight excluding hydrogens is 421 g/mol. The van der Waals surface area contributed by atoms with Crippen LogP contribution in [-0.4, -0.2) is 48.0 Å². The summed E-state index contributed by atoms with van der Waals surface area (Å²) in [7, 11) is 0. The standard InChI is InChI=1S/C25H24FN5O2/c1-18(30-11-13-31(14-12-30)21-4-2-3-19(15-21)16-27)25(32)29-24-10-9-23(17-28-24)33-22-7-5-20(26)6-8-22/h2-10,15,17-18H,11-14H2,1H3,(H,28,29,32). The van der Waals surface area contributed by atoms with E-state index in [0.717, 1.165) is 31.9 Å². The highest BCUT2D eigenvalue weighted by molar-refractivity contribution is 5.93. The van der Waals surface area contributed by atoms with Crippen LogP contribution >= 0.6 is 0 Å². The lowest BCUT2D eigenvalue weighted by Gasteiger charge is -2.38. The second-order valence-corrected chi connectivity index (χ2v) is 7.79. The number of benzene rings is 2. The zero-order valence-corrected chi connectivity index (χ0v) is 18.2. The first-order valence-electron chi connectivity index (χ1n) is 10.7. The Kier molecular flexibility index (Phi) is 6.81. The molecule has 2 aromatic carbocycles. The first-order chi connectivity index (χ1) is 16.0. The highest BCUT2D eigenvalue weighted by Crippen LogP contribution is 2.22. The summed E-state index contributed by atoms with van der Waals surface area (Å²) in [6.45, 7) is 4.92. The monoisotopic (exact) mass is 445 g/mol. The van der Waals surface area contributed by atoms with Crippen LogP contribution in [0.1, 0.15) is 12.5 Å². The summed E-state index contributed by atoms with van der Waals surface area (Å²) in [5.41, 5.74) is 1.67. The van der Waals surface area contributed by atoms with E-state index in [4.69, 9.17) is 10.00 Å². The van der Waals surface area contributed by atoms with Crippen LogP contribution < -0.4 is 15.0 Å². The van der Waals surface area contributed by atoms with Gasteiger partial charge < -0.3 is 15.0 Å². The number of hydrogen-bond acceptors (Lipinski definition) is 6. The Hall–Kier alpha value is -3.96. The Morgan fingerprint density at radius 3 is 2.48 bits per heavy atom. The number of halogens is 1. The Labute approximate surface area is 192 Å². The lowest BCUT2D eigenvalue weighted by Crippen LogP contribution is -2.52. The number of piperazine rings is 1. The summed E-state index contributed by atoms with van der Waals surface area (Å²) < 4.78 is 18.6. The van der Waals surface area contributed by atoms with E-state index >= 15 is 0 Å². The second kappa shape index (κ2) is 10.1. The smallest absolute Gasteiger partial charge is 0.242 e. The molecule has 1 fully saturated rings. The number of carbonyl (C=O) groups excluding carboxylic acids is 1. The molecule has 1 saturated heterocycles. The van der Waals surface area contributed by atoms with E-state index in [9.17, 15) is 9.18 Å². The predicted octanol–water partition coefficient (Wildman–Crippen LogP) is 4.03. The molecule has 1 aromatic heterocycles. The van der Waals surface area contributed by atoms with E-state index < -0.39 is 0 Å². The van der Waals surface area contributed by atoms with Gasteiger partial charge in [-0.15, -0.1) is 0 Å². The molecule has 1 aliphatic heterocycles. The van der Waals surface area contributed by atoms with Crippen LogP contribution in [0.15, 0.2) is 66.9 Å². The van der Waals surface area contributed by atoms with Gasteiger partial charge in [0, 0.05) is 31.9 Å². The van der Waals surface area contributed by atoms with E-state index in [-0.39, 0.29) is 17.8 Å². The molecule has 8 heteroatoms. The van der Waals surface area contributed by atoms with Gasteiger partial charge in [-0.05, 0) is 61.5 Å². The fraction of sp³-hybridized carbons (Fsp3) is 0.240. The zero-order valence-electron chi connectivity index (χ0n) is 18.2. The lowest BCUT2D eigenvalue weighted by molar-refractivity contribution is -0.120. The number of carbonyl (C=O) groups is 1. The number of ether oxygens (including phenoxy) is 1. The van der Waals surface area contributed by atoms with Gasteiger partial charge in [-0.25, -0.2) is 9.37 Å². The third kappa shape index (κ3) is 5.64. The highest BCUT2D eigenvalue weighted by atomic mass is 19.1. The quantitative estimate of drug-likeness (QED) is 0.617. The van der Waals surface area contributed by atoms with Gasteiger partial charge in [-0.3, -0.25) is 9.69 Å². The molecule has 168 valence electrons. The number of amides is 1. The SMILES string of the molecule is CC(C(=O)Nc1ccc(Oc2ccc(F)cc2)cn1)N1CCN(c2cccc(C#N)c2)CC1. The number of nitrogens with zero attached hydrogens (tertiary/aromatic N) is 4. The van der Waals surface area contributed by atoms with Crippen molar-refractivity contribution < 1.29 is 13.9 Å². The molecule has 7 nitrogen and oxygen atoms in total. The summed E-state index contributed by atoms with van der Waals surface area (Å²) in [5, 5.41) is 12.0. The van der Waals surface area contributed by atoms with Crippen LogP contribution in [0.2, 0.25) is 0 Å². The Morgan fingerprint density at radius 2 is 1.82 bits per heavy atom. The van der Waals surface area contributed by atoms with Crippen LogP contribution in [0.4, 0.5) is 15.9 Å². The molecule has 1 amide bonds. The molecule has 0 bridgehead atoms. The first kappa shape index (κ1) is 22.2. The van der Waals surface area contributed by atoms with Crippen LogP contribution in [-0.2, 0) is 4.79 Å². The molecule has 1 aliphatic rings. The van der Waals surface area contributed by atoms with Gasteiger partial charge >= 0.3 is 0 Å². The summed E-state index contributed by atoms with van der Waals surface area (Å²) in [6, 6.07) is 18.5. The minimum Gasteiger partial charge on any atom is -0.456 e. The maximum atomic E-state index is 13.0. The number of nitriles is 1. The Balaban J connectivity index is 1.29. The summed E-state index contributed by atoms with van der Waals surface area (Å²) in [5.74, 6) is 0.966. The van der Waals surface area contributed by atoms with E-state index in [2.05, 4.69) is 26.2 Å².